The zero-order valence-corrected chi connectivity index (χ0v) is 11.1. The first kappa shape index (κ1) is 12.9. The number of hydrogen-bond acceptors (Lipinski definition) is 2. The van der Waals surface area contributed by atoms with Crippen LogP contribution in [0.4, 0.5) is 5.69 Å². The molecule has 1 aromatic heterocycles. The van der Waals surface area contributed by atoms with Gasteiger partial charge in [-0.1, -0.05) is 23.2 Å². The van der Waals surface area contributed by atoms with Crippen LogP contribution in [-0.4, -0.2) is 10.9 Å². The lowest BCUT2D eigenvalue weighted by atomic mass is 10.1. The molecule has 0 bridgehead atoms. The Morgan fingerprint density at radius 1 is 1.22 bits per heavy atom. The first-order valence-electron chi connectivity index (χ1n) is 5.25. The third-order valence-corrected chi connectivity index (χ3v) is 3.19. The summed E-state index contributed by atoms with van der Waals surface area (Å²) in [5, 5.41) is 3.78. The summed E-state index contributed by atoms with van der Waals surface area (Å²) in [6, 6.07) is 6.69. The van der Waals surface area contributed by atoms with Crippen molar-refractivity contribution in [2.75, 3.05) is 5.32 Å². The van der Waals surface area contributed by atoms with Gasteiger partial charge in [0.1, 0.15) is 0 Å². The number of hydrogen-bond donors (Lipinski definition) is 1. The molecule has 0 aliphatic rings. The molecule has 0 unspecified atom stereocenters. The second kappa shape index (κ2) is 5.38. The van der Waals surface area contributed by atoms with Gasteiger partial charge in [0.05, 0.1) is 16.9 Å². The monoisotopic (exact) mass is 280 g/mol. The van der Waals surface area contributed by atoms with E-state index in [2.05, 4.69) is 10.3 Å². The van der Waals surface area contributed by atoms with Crippen molar-refractivity contribution < 1.29 is 4.79 Å². The van der Waals surface area contributed by atoms with Crippen LogP contribution in [0.2, 0.25) is 10.0 Å². The van der Waals surface area contributed by atoms with Crippen LogP contribution in [0.1, 0.15) is 15.9 Å². The van der Waals surface area contributed by atoms with E-state index < -0.39 is 0 Å². The summed E-state index contributed by atoms with van der Waals surface area (Å²) < 4.78 is 0. The van der Waals surface area contributed by atoms with Crippen LogP contribution in [0.5, 0.6) is 0 Å². The number of anilines is 1. The summed E-state index contributed by atoms with van der Waals surface area (Å²) in [6.45, 7) is 1.84. The number of carbonyl (C=O) groups is 1. The molecule has 0 fully saturated rings. The Morgan fingerprint density at radius 2 is 2.00 bits per heavy atom. The predicted molar refractivity (Wildman–Crippen MR) is 73.4 cm³/mol. The lowest BCUT2D eigenvalue weighted by molar-refractivity contribution is 0.102. The van der Waals surface area contributed by atoms with E-state index in [1.807, 2.05) is 6.92 Å². The molecule has 0 aliphatic heterocycles. The van der Waals surface area contributed by atoms with Gasteiger partial charge >= 0.3 is 0 Å². The normalized spacial score (nSPS) is 10.2. The minimum Gasteiger partial charge on any atom is -0.319 e. The molecule has 0 radical (unpaired) electrons. The molecule has 1 heterocycles. The van der Waals surface area contributed by atoms with Crippen LogP contribution in [-0.2, 0) is 0 Å². The number of halogens is 2. The van der Waals surface area contributed by atoms with Crippen molar-refractivity contribution in [1.82, 2.24) is 4.98 Å². The van der Waals surface area contributed by atoms with Gasteiger partial charge in [0.2, 0.25) is 0 Å². The molecule has 3 nitrogen and oxygen atoms in total. The number of rotatable bonds is 2. The standard InChI is InChI=1S/C13H10Cl2N2O/c1-8-6-9(2-3-10(8)14)13(18)17-12-7-16-5-4-11(12)15/h2-7H,1H3,(H,17,18). The van der Waals surface area contributed by atoms with E-state index in [0.717, 1.165) is 5.56 Å². The first-order valence-corrected chi connectivity index (χ1v) is 6.00. The summed E-state index contributed by atoms with van der Waals surface area (Å²) in [5.41, 5.74) is 1.86. The second-order valence-electron chi connectivity index (χ2n) is 3.77. The van der Waals surface area contributed by atoms with Crippen LogP contribution in [0.3, 0.4) is 0 Å². The van der Waals surface area contributed by atoms with E-state index in [0.29, 0.717) is 21.3 Å². The summed E-state index contributed by atoms with van der Waals surface area (Å²) in [6.07, 6.45) is 3.06. The van der Waals surface area contributed by atoms with Gasteiger partial charge in [-0.15, -0.1) is 0 Å². The van der Waals surface area contributed by atoms with E-state index in [9.17, 15) is 4.79 Å². The molecule has 0 spiro atoms. The Morgan fingerprint density at radius 3 is 2.67 bits per heavy atom. The molecule has 1 amide bonds. The highest BCUT2D eigenvalue weighted by Gasteiger charge is 2.09. The molecule has 0 saturated carbocycles. The molecule has 5 heteroatoms. The molecule has 0 saturated heterocycles. The zero-order valence-electron chi connectivity index (χ0n) is 9.58. The number of aryl methyl sites for hydroxylation is 1. The Balaban J connectivity index is 2.22. The number of carbonyl (C=O) groups excluding carboxylic acids is 1. The topological polar surface area (TPSA) is 42.0 Å². The fraction of sp³-hybridized carbons (Fsp3) is 0.0769. The molecule has 1 N–H and O–H groups in total. The molecule has 2 rings (SSSR count). The summed E-state index contributed by atoms with van der Waals surface area (Å²) in [7, 11) is 0. The fourth-order valence-corrected chi connectivity index (χ4v) is 1.72. The Bertz CT molecular complexity index is 599. The largest absolute Gasteiger partial charge is 0.319 e. The van der Waals surface area contributed by atoms with Gasteiger partial charge in [-0.05, 0) is 36.8 Å². The molecule has 0 atom stereocenters. The fourth-order valence-electron chi connectivity index (χ4n) is 1.45. The van der Waals surface area contributed by atoms with Crippen LogP contribution >= 0.6 is 23.2 Å². The number of nitrogens with one attached hydrogen (secondary N) is 1. The summed E-state index contributed by atoms with van der Waals surface area (Å²) in [4.78, 5) is 15.9. The van der Waals surface area contributed by atoms with E-state index in [4.69, 9.17) is 23.2 Å². The molecular formula is C13H10Cl2N2O. The number of amides is 1. The lowest BCUT2D eigenvalue weighted by Crippen LogP contribution is -2.12. The van der Waals surface area contributed by atoms with Gasteiger partial charge in [0.15, 0.2) is 0 Å². The van der Waals surface area contributed by atoms with Crippen molar-refractivity contribution >= 4 is 34.8 Å². The lowest BCUT2D eigenvalue weighted by Gasteiger charge is -2.07. The van der Waals surface area contributed by atoms with E-state index in [1.54, 1.807) is 30.5 Å². The molecule has 2 aromatic rings. The Kier molecular flexibility index (Phi) is 3.84. The van der Waals surface area contributed by atoms with Crippen LogP contribution < -0.4 is 5.32 Å². The van der Waals surface area contributed by atoms with Crippen molar-refractivity contribution in [3.8, 4) is 0 Å². The van der Waals surface area contributed by atoms with Crippen LogP contribution in [0.15, 0.2) is 36.7 Å². The van der Waals surface area contributed by atoms with Gasteiger partial charge in [0, 0.05) is 16.8 Å². The Hall–Kier alpha value is -1.58. The van der Waals surface area contributed by atoms with E-state index in [-0.39, 0.29) is 5.91 Å². The van der Waals surface area contributed by atoms with Gasteiger partial charge in [-0.25, -0.2) is 0 Å². The third-order valence-electron chi connectivity index (χ3n) is 2.44. The molecule has 18 heavy (non-hydrogen) atoms. The minimum absolute atomic E-state index is 0.246. The molecular weight excluding hydrogens is 271 g/mol. The van der Waals surface area contributed by atoms with Crippen molar-refractivity contribution in [1.29, 1.82) is 0 Å². The van der Waals surface area contributed by atoms with Gasteiger partial charge in [-0.3, -0.25) is 9.78 Å². The predicted octanol–water partition coefficient (Wildman–Crippen LogP) is 3.95. The Labute approximate surface area is 115 Å². The van der Waals surface area contributed by atoms with E-state index >= 15 is 0 Å². The number of aromatic nitrogens is 1. The van der Waals surface area contributed by atoms with E-state index in [1.165, 1.54) is 6.20 Å². The van der Waals surface area contributed by atoms with Gasteiger partial charge < -0.3 is 5.32 Å². The number of pyridine rings is 1. The highest BCUT2D eigenvalue weighted by Crippen LogP contribution is 2.21. The average Bonchev–Trinajstić information content (AvgIpc) is 2.35. The average molecular weight is 281 g/mol. The van der Waals surface area contributed by atoms with Crippen LogP contribution in [0, 0.1) is 6.92 Å². The maximum atomic E-state index is 12.0. The minimum atomic E-state index is -0.246. The van der Waals surface area contributed by atoms with Crippen LogP contribution in [0.25, 0.3) is 0 Å². The SMILES string of the molecule is Cc1cc(C(=O)Nc2cnccc2Cl)ccc1Cl. The maximum Gasteiger partial charge on any atom is 0.255 e. The van der Waals surface area contributed by atoms with Gasteiger partial charge in [0.25, 0.3) is 5.91 Å². The highest BCUT2D eigenvalue weighted by molar-refractivity contribution is 6.34. The van der Waals surface area contributed by atoms with Gasteiger partial charge in [-0.2, -0.15) is 0 Å². The molecule has 92 valence electrons. The van der Waals surface area contributed by atoms with Crippen molar-refractivity contribution in [3.63, 3.8) is 0 Å². The zero-order chi connectivity index (χ0) is 13.1. The number of benzene rings is 1. The second-order valence-corrected chi connectivity index (χ2v) is 4.59. The quantitative estimate of drug-likeness (QED) is 0.905. The summed E-state index contributed by atoms with van der Waals surface area (Å²) >= 11 is 11.8. The molecule has 1 aromatic carbocycles. The van der Waals surface area contributed by atoms with Crippen molar-refractivity contribution in [2.45, 2.75) is 6.92 Å². The third kappa shape index (κ3) is 2.81. The van der Waals surface area contributed by atoms with Crippen molar-refractivity contribution in [3.05, 3.63) is 57.8 Å². The summed E-state index contributed by atoms with van der Waals surface area (Å²) in [5.74, 6) is -0.246. The first-order chi connectivity index (χ1) is 8.58. The number of nitrogens with zero attached hydrogens (tertiary/aromatic N) is 1. The smallest absolute Gasteiger partial charge is 0.255 e. The highest BCUT2D eigenvalue weighted by atomic mass is 35.5. The maximum absolute atomic E-state index is 12.0. The molecule has 0 aliphatic carbocycles. The van der Waals surface area contributed by atoms with Crippen molar-refractivity contribution in [2.24, 2.45) is 0 Å².